The number of aromatic nitrogens is 3. The fourth-order valence-electron chi connectivity index (χ4n) is 3.78. The smallest absolute Gasteiger partial charge is 0.375 e. The first kappa shape index (κ1) is 19.4. The maximum absolute atomic E-state index is 13.2. The second-order valence-corrected chi connectivity index (χ2v) is 7.52. The summed E-state index contributed by atoms with van der Waals surface area (Å²) < 4.78 is 44.8. The highest BCUT2D eigenvalue weighted by Crippen LogP contribution is 2.45. The molecule has 4 rings (SSSR count). The molecule has 0 spiro atoms. The third-order valence-electron chi connectivity index (χ3n) is 5.35. The fourth-order valence-corrected chi connectivity index (χ4v) is 3.78. The van der Waals surface area contributed by atoms with Crippen LogP contribution in [0, 0.1) is 0 Å². The maximum Gasteiger partial charge on any atom is 0.422 e. The van der Waals surface area contributed by atoms with E-state index in [0.717, 1.165) is 11.1 Å². The summed E-state index contributed by atoms with van der Waals surface area (Å²) in [5, 5.41) is 21.0. The molecule has 3 aromatic rings. The molecule has 0 bridgehead atoms. The van der Waals surface area contributed by atoms with Crippen LogP contribution < -0.4 is 0 Å². The molecule has 0 fully saturated rings. The average molecular weight is 405 g/mol. The minimum Gasteiger partial charge on any atom is -0.375 e. The number of hydrogen-bond acceptors (Lipinski definition) is 5. The fraction of sp³-hybridized carbons (Fsp3) is 0.350. The maximum atomic E-state index is 13.2. The van der Waals surface area contributed by atoms with Crippen molar-refractivity contribution in [2.24, 2.45) is 0 Å². The molecule has 152 valence electrons. The highest BCUT2D eigenvalue weighted by molar-refractivity contribution is 6.13. The van der Waals surface area contributed by atoms with Crippen LogP contribution in [0.25, 0.3) is 10.9 Å². The Bertz CT molecular complexity index is 1120. The van der Waals surface area contributed by atoms with E-state index in [9.17, 15) is 23.1 Å². The van der Waals surface area contributed by atoms with Crippen LogP contribution in [-0.4, -0.2) is 32.4 Å². The zero-order chi connectivity index (χ0) is 21.0. The van der Waals surface area contributed by atoms with Gasteiger partial charge in [0.25, 0.3) is 0 Å². The average Bonchev–Trinajstić information content (AvgIpc) is 3.27. The molecule has 1 aliphatic carbocycles. The number of aromatic amines is 1. The highest BCUT2D eigenvalue weighted by Gasteiger charge is 2.55. The number of nitrogens with one attached hydrogen (secondary N) is 1. The van der Waals surface area contributed by atoms with Gasteiger partial charge in [-0.05, 0) is 31.4 Å². The second-order valence-electron chi connectivity index (χ2n) is 7.52. The number of ketones is 1. The zero-order valence-electron chi connectivity index (χ0n) is 15.7. The van der Waals surface area contributed by atoms with Crippen LogP contribution in [-0.2, 0) is 12.0 Å². The number of aliphatic hydroxyl groups is 1. The van der Waals surface area contributed by atoms with Gasteiger partial charge in [-0.2, -0.15) is 18.3 Å². The number of rotatable bonds is 3. The summed E-state index contributed by atoms with van der Waals surface area (Å²) >= 11 is 0. The van der Waals surface area contributed by atoms with Crippen molar-refractivity contribution in [2.45, 2.75) is 44.4 Å². The monoisotopic (exact) mass is 405 g/mol. The van der Waals surface area contributed by atoms with Gasteiger partial charge in [0, 0.05) is 22.9 Å². The Morgan fingerprint density at radius 3 is 2.86 bits per heavy atom. The quantitative estimate of drug-likeness (QED) is 0.504. The van der Waals surface area contributed by atoms with Crippen LogP contribution >= 0.6 is 0 Å². The predicted octanol–water partition coefficient (Wildman–Crippen LogP) is 4.18. The molecule has 0 amide bonds. The third-order valence-corrected chi connectivity index (χ3v) is 5.35. The van der Waals surface area contributed by atoms with E-state index in [0.29, 0.717) is 24.3 Å². The molecule has 0 aliphatic heterocycles. The first-order valence-corrected chi connectivity index (χ1v) is 9.03. The lowest BCUT2D eigenvalue weighted by atomic mass is 9.80. The van der Waals surface area contributed by atoms with Gasteiger partial charge in [-0.3, -0.25) is 9.89 Å². The van der Waals surface area contributed by atoms with Crippen LogP contribution in [0.15, 0.2) is 40.6 Å². The lowest BCUT2D eigenvalue weighted by Crippen LogP contribution is -2.40. The molecule has 6 nitrogen and oxygen atoms in total. The number of allylic oxidation sites excluding steroid dienone is 2. The van der Waals surface area contributed by atoms with E-state index in [-0.39, 0.29) is 23.5 Å². The minimum atomic E-state index is -4.88. The largest absolute Gasteiger partial charge is 0.422 e. The molecule has 2 atom stereocenters. The molecule has 9 heteroatoms. The van der Waals surface area contributed by atoms with Crippen molar-refractivity contribution in [3.63, 3.8) is 0 Å². The van der Waals surface area contributed by atoms with E-state index in [2.05, 4.69) is 15.4 Å². The van der Waals surface area contributed by atoms with E-state index in [1.165, 1.54) is 6.08 Å². The van der Waals surface area contributed by atoms with E-state index in [1.807, 2.05) is 6.07 Å². The van der Waals surface area contributed by atoms with Crippen LogP contribution in [0.2, 0.25) is 0 Å². The van der Waals surface area contributed by atoms with Crippen LogP contribution in [0.5, 0.6) is 0 Å². The number of alkyl halides is 3. The Morgan fingerprint density at radius 1 is 1.38 bits per heavy atom. The van der Waals surface area contributed by atoms with E-state index < -0.39 is 23.4 Å². The summed E-state index contributed by atoms with van der Waals surface area (Å²) in [6.45, 7) is 2.39. The molecule has 1 aromatic carbocycles. The molecule has 2 aromatic heterocycles. The Hall–Kier alpha value is -2.94. The van der Waals surface area contributed by atoms with Gasteiger partial charge in [0.1, 0.15) is 11.5 Å². The lowest BCUT2D eigenvalue weighted by Gasteiger charge is -2.28. The van der Waals surface area contributed by atoms with Crippen molar-refractivity contribution in [1.29, 1.82) is 0 Å². The first-order valence-electron chi connectivity index (χ1n) is 9.03. The van der Waals surface area contributed by atoms with Crippen molar-refractivity contribution in [1.82, 2.24) is 15.4 Å². The summed E-state index contributed by atoms with van der Waals surface area (Å²) in [6.07, 6.45) is -1.29. The Kier molecular flexibility index (Phi) is 4.38. The number of fused-ring (bicyclic) bond motifs is 2. The number of carbonyl (C=O) groups is 1. The van der Waals surface area contributed by atoms with Gasteiger partial charge < -0.3 is 9.63 Å². The van der Waals surface area contributed by atoms with Crippen LogP contribution in [0.3, 0.4) is 0 Å². The standard InChI is InChI=1S/C20H18F3N3O3/c1-10-6-11(7-15(27)12-4-3-5-14-13(12)9-24-25-14)8-16-17(10)18(26-29-16)19(2,28)20(21,22)23/h3-5,7,9-10,28H,6,8H2,1-2H3,(H,24,25)/b11-7-/t10-,19+/m0/s1. The molecular formula is C20H18F3N3O3. The Labute approximate surface area is 163 Å². The molecular weight excluding hydrogens is 387 g/mol. The number of nitrogens with zero attached hydrogens (tertiary/aromatic N) is 2. The van der Waals surface area contributed by atoms with Crippen molar-refractivity contribution >= 4 is 16.7 Å². The first-order chi connectivity index (χ1) is 13.6. The second kappa shape index (κ2) is 6.55. The number of hydrogen-bond donors (Lipinski definition) is 2. The van der Waals surface area contributed by atoms with E-state index in [4.69, 9.17) is 4.52 Å². The van der Waals surface area contributed by atoms with Gasteiger partial charge in [-0.1, -0.05) is 29.8 Å². The lowest BCUT2D eigenvalue weighted by molar-refractivity contribution is -0.261. The molecule has 0 saturated heterocycles. The number of H-pyrrole nitrogens is 1. The number of halogens is 3. The summed E-state index contributed by atoms with van der Waals surface area (Å²) in [6, 6.07) is 5.25. The van der Waals surface area contributed by atoms with Gasteiger partial charge in [0.15, 0.2) is 5.78 Å². The summed E-state index contributed by atoms with van der Waals surface area (Å²) in [5.41, 5.74) is -1.41. The van der Waals surface area contributed by atoms with Crippen LogP contribution in [0.1, 0.15) is 53.6 Å². The van der Waals surface area contributed by atoms with Gasteiger partial charge in [-0.15, -0.1) is 0 Å². The zero-order valence-corrected chi connectivity index (χ0v) is 15.7. The predicted molar refractivity (Wildman–Crippen MR) is 97.4 cm³/mol. The third kappa shape index (κ3) is 3.15. The van der Waals surface area contributed by atoms with Crippen molar-refractivity contribution in [3.05, 3.63) is 58.6 Å². The van der Waals surface area contributed by atoms with Gasteiger partial charge in [0.2, 0.25) is 5.60 Å². The SMILES string of the molecule is C[C@H]1C/C(=C/C(=O)c2cccc3[nH]ncc23)Cc2onc([C@@](C)(O)C(F)(F)F)c21. The van der Waals surface area contributed by atoms with Gasteiger partial charge in [-0.25, -0.2) is 0 Å². The number of benzene rings is 1. The Balaban J connectivity index is 1.66. The van der Waals surface area contributed by atoms with Gasteiger partial charge >= 0.3 is 6.18 Å². The van der Waals surface area contributed by atoms with Crippen LogP contribution in [0.4, 0.5) is 13.2 Å². The summed E-state index contributed by atoms with van der Waals surface area (Å²) in [4.78, 5) is 12.8. The van der Waals surface area contributed by atoms with E-state index >= 15 is 0 Å². The summed E-state index contributed by atoms with van der Waals surface area (Å²) in [5.74, 6) is -0.369. The highest BCUT2D eigenvalue weighted by atomic mass is 19.4. The number of carbonyl (C=O) groups excluding carboxylic acids is 1. The topological polar surface area (TPSA) is 92.0 Å². The Morgan fingerprint density at radius 2 is 2.14 bits per heavy atom. The molecule has 1 aliphatic rings. The minimum absolute atomic E-state index is 0.160. The molecule has 29 heavy (non-hydrogen) atoms. The van der Waals surface area contributed by atoms with Crippen molar-refractivity contribution < 1.29 is 27.6 Å². The van der Waals surface area contributed by atoms with Crippen molar-refractivity contribution in [3.8, 4) is 0 Å². The van der Waals surface area contributed by atoms with E-state index in [1.54, 1.807) is 25.3 Å². The molecule has 0 saturated carbocycles. The molecule has 2 N–H and O–H groups in total. The molecule has 0 unspecified atom stereocenters. The normalized spacial score (nSPS) is 20.6. The molecule has 0 radical (unpaired) electrons. The van der Waals surface area contributed by atoms with Crippen molar-refractivity contribution in [2.75, 3.05) is 0 Å². The molecule has 2 heterocycles. The van der Waals surface area contributed by atoms with Gasteiger partial charge in [0.05, 0.1) is 11.7 Å². The summed E-state index contributed by atoms with van der Waals surface area (Å²) in [7, 11) is 0.